The molecule has 0 nitrogen and oxygen atoms in total. The molecule has 6 aliphatic rings. The summed E-state index contributed by atoms with van der Waals surface area (Å²) in [6, 6.07) is 0. The van der Waals surface area contributed by atoms with E-state index in [0.717, 1.165) is 46.3 Å². The second-order valence-electron chi connectivity index (χ2n) is 11.5. The van der Waals surface area contributed by atoms with Gasteiger partial charge >= 0.3 is 0 Å². The van der Waals surface area contributed by atoms with Gasteiger partial charge < -0.3 is 0 Å². The smallest absolute Gasteiger partial charge is 0.0210 e. The Bertz CT molecular complexity index is 528. The number of hydrogen-bond acceptors (Lipinski definition) is 0. The van der Waals surface area contributed by atoms with Crippen LogP contribution in [-0.4, -0.2) is 0 Å². The molecule has 0 aromatic carbocycles. The van der Waals surface area contributed by atoms with E-state index >= 15 is 0 Å². The molecule has 0 aliphatic heterocycles. The molecule has 6 fully saturated rings. The van der Waals surface area contributed by atoms with E-state index in [2.05, 4.69) is 13.8 Å². The van der Waals surface area contributed by atoms with E-state index in [1.54, 1.807) is 77.0 Å². The van der Waals surface area contributed by atoms with Crippen molar-refractivity contribution in [3.8, 4) is 0 Å². The third kappa shape index (κ3) is 1.64. The monoisotopic (exact) mass is 326 g/mol. The van der Waals surface area contributed by atoms with Gasteiger partial charge in [-0.3, -0.25) is 0 Å². The van der Waals surface area contributed by atoms with Gasteiger partial charge in [-0.2, -0.15) is 0 Å². The first kappa shape index (κ1) is 15.1. The summed E-state index contributed by atoms with van der Waals surface area (Å²) in [6.07, 6.45) is 19.1. The fourth-order valence-electron chi connectivity index (χ4n) is 10.5. The van der Waals surface area contributed by atoms with Gasteiger partial charge in [-0.15, -0.1) is 0 Å². The molecule has 1 spiro atoms. The SMILES string of the molecule is CC1CC2CCCCC2C2CC[C@@]3(C)C(C4CC4C34CCCC4)C12. The first-order valence-electron chi connectivity index (χ1n) is 11.7. The largest absolute Gasteiger partial charge is 0.0622 e. The normalized spacial score (nSPS) is 60.2. The highest BCUT2D eigenvalue weighted by Gasteiger charge is 2.75. The minimum absolute atomic E-state index is 0.744. The Hall–Kier alpha value is 0. The first-order chi connectivity index (χ1) is 11.7. The van der Waals surface area contributed by atoms with Crippen molar-refractivity contribution in [1.82, 2.24) is 0 Å². The summed E-state index contributed by atoms with van der Waals surface area (Å²) in [7, 11) is 0. The van der Waals surface area contributed by atoms with E-state index in [4.69, 9.17) is 0 Å². The summed E-state index contributed by atoms with van der Waals surface area (Å²) in [5.41, 5.74) is 1.56. The molecule has 0 heterocycles. The van der Waals surface area contributed by atoms with Crippen LogP contribution in [0, 0.1) is 58.2 Å². The average Bonchev–Trinajstić information content (AvgIpc) is 3.15. The van der Waals surface area contributed by atoms with Crippen LogP contribution in [0.5, 0.6) is 0 Å². The molecule has 0 saturated heterocycles. The summed E-state index contributed by atoms with van der Waals surface area (Å²) in [4.78, 5) is 0. The molecular weight excluding hydrogens is 288 g/mol. The molecule has 0 heteroatoms. The van der Waals surface area contributed by atoms with Gasteiger partial charge in [0.15, 0.2) is 0 Å². The van der Waals surface area contributed by atoms with Crippen LogP contribution in [0.3, 0.4) is 0 Å². The minimum Gasteiger partial charge on any atom is -0.0622 e. The standard InChI is InChI=1S/C24H38/c1-15-13-16-7-3-4-8-17(16)18-9-12-23(2)22(21(15)18)19-14-20(19)24(23)10-5-6-11-24/h15-22H,3-14H2,1-2H3/t15?,16?,17?,18?,19?,20?,21?,22?,23-/m0/s1. The molecule has 6 saturated carbocycles. The van der Waals surface area contributed by atoms with Crippen LogP contribution in [0.4, 0.5) is 0 Å². The molecule has 6 rings (SSSR count). The maximum atomic E-state index is 2.81. The molecule has 0 amide bonds. The van der Waals surface area contributed by atoms with Gasteiger partial charge in [-0.05, 0) is 103 Å². The van der Waals surface area contributed by atoms with E-state index in [0.29, 0.717) is 0 Å². The van der Waals surface area contributed by atoms with Gasteiger partial charge in [-0.25, -0.2) is 0 Å². The Morgan fingerprint density at radius 2 is 1.54 bits per heavy atom. The zero-order valence-corrected chi connectivity index (χ0v) is 16.1. The van der Waals surface area contributed by atoms with Crippen molar-refractivity contribution in [3.63, 3.8) is 0 Å². The van der Waals surface area contributed by atoms with Crippen molar-refractivity contribution in [2.45, 2.75) is 90.9 Å². The van der Waals surface area contributed by atoms with Crippen LogP contribution in [0.1, 0.15) is 90.9 Å². The van der Waals surface area contributed by atoms with Crippen molar-refractivity contribution in [2.24, 2.45) is 58.2 Å². The number of hydrogen-bond donors (Lipinski definition) is 0. The Kier molecular flexibility index (Phi) is 3.04. The van der Waals surface area contributed by atoms with Crippen molar-refractivity contribution < 1.29 is 0 Å². The molecule has 0 aromatic heterocycles. The van der Waals surface area contributed by atoms with E-state index in [9.17, 15) is 0 Å². The van der Waals surface area contributed by atoms with Crippen molar-refractivity contribution in [1.29, 1.82) is 0 Å². The fourth-order valence-corrected chi connectivity index (χ4v) is 10.5. The van der Waals surface area contributed by atoms with Gasteiger partial charge in [0.1, 0.15) is 0 Å². The van der Waals surface area contributed by atoms with Gasteiger partial charge in [0.05, 0.1) is 0 Å². The van der Waals surface area contributed by atoms with Gasteiger partial charge in [0.25, 0.3) is 0 Å². The zero-order valence-electron chi connectivity index (χ0n) is 16.1. The van der Waals surface area contributed by atoms with Gasteiger partial charge in [-0.1, -0.05) is 46.0 Å². The van der Waals surface area contributed by atoms with Crippen LogP contribution in [0.25, 0.3) is 0 Å². The summed E-state index contributed by atoms with van der Waals surface area (Å²) in [6.45, 7) is 5.50. The van der Waals surface area contributed by atoms with Crippen LogP contribution in [0.15, 0.2) is 0 Å². The molecule has 9 atom stereocenters. The Morgan fingerprint density at radius 3 is 2.38 bits per heavy atom. The molecule has 8 unspecified atom stereocenters. The number of rotatable bonds is 0. The van der Waals surface area contributed by atoms with E-state index < -0.39 is 0 Å². The van der Waals surface area contributed by atoms with Crippen molar-refractivity contribution in [2.75, 3.05) is 0 Å². The molecule has 134 valence electrons. The first-order valence-corrected chi connectivity index (χ1v) is 11.7. The lowest BCUT2D eigenvalue weighted by molar-refractivity contribution is -0.123. The lowest BCUT2D eigenvalue weighted by atomic mass is 9.44. The maximum absolute atomic E-state index is 2.81. The third-order valence-electron chi connectivity index (χ3n) is 11.1. The van der Waals surface area contributed by atoms with Crippen molar-refractivity contribution >= 4 is 0 Å². The zero-order chi connectivity index (χ0) is 16.1. The van der Waals surface area contributed by atoms with Crippen LogP contribution in [0.2, 0.25) is 0 Å². The highest BCUT2D eigenvalue weighted by molar-refractivity contribution is 5.24. The predicted octanol–water partition coefficient (Wildman–Crippen LogP) is 6.69. The number of fused-ring (bicyclic) bond motifs is 9. The quantitative estimate of drug-likeness (QED) is 0.465. The van der Waals surface area contributed by atoms with Gasteiger partial charge in [0.2, 0.25) is 0 Å². The van der Waals surface area contributed by atoms with Gasteiger partial charge in [0, 0.05) is 0 Å². The minimum atomic E-state index is 0.744. The molecule has 24 heavy (non-hydrogen) atoms. The third-order valence-corrected chi connectivity index (χ3v) is 11.1. The highest BCUT2D eigenvalue weighted by atomic mass is 14.8. The molecule has 0 aromatic rings. The van der Waals surface area contributed by atoms with E-state index in [1.165, 1.54) is 11.8 Å². The summed E-state index contributed by atoms with van der Waals surface area (Å²) in [5.74, 6) is 9.04. The van der Waals surface area contributed by atoms with Crippen LogP contribution in [-0.2, 0) is 0 Å². The Labute approximate surface area is 149 Å². The van der Waals surface area contributed by atoms with E-state index in [1.807, 2.05) is 0 Å². The predicted molar refractivity (Wildman–Crippen MR) is 99.5 cm³/mol. The molecule has 0 bridgehead atoms. The van der Waals surface area contributed by atoms with Crippen molar-refractivity contribution in [3.05, 3.63) is 0 Å². The second-order valence-corrected chi connectivity index (χ2v) is 11.5. The lowest BCUT2D eigenvalue weighted by Gasteiger charge is -2.61. The average molecular weight is 327 g/mol. The molecule has 6 aliphatic carbocycles. The molecule has 0 N–H and O–H groups in total. The summed E-state index contributed by atoms with van der Waals surface area (Å²) < 4.78 is 0. The Balaban J connectivity index is 1.39. The second kappa shape index (κ2) is 4.83. The maximum Gasteiger partial charge on any atom is -0.0210 e. The summed E-state index contributed by atoms with van der Waals surface area (Å²) in [5, 5.41) is 0. The topological polar surface area (TPSA) is 0 Å². The van der Waals surface area contributed by atoms with Crippen LogP contribution >= 0.6 is 0 Å². The molecule has 0 radical (unpaired) electrons. The van der Waals surface area contributed by atoms with E-state index in [-0.39, 0.29) is 0 Å². The lowest BCUT2D eigenvalue weighted by Crippen LogP contribution is -2.54. The Morgan fingerprint density at radius 1 is 0.750 bits per heavy atom. The fraction of sp³-hybridized carbons (Fsp3) is 1.00. The highest BCUT2D eigenvalue weighted by Crippen LogP contribution is 2.82. The summed E-state index contributed by atoms with van der Waals surface area (Å²) >= 11 is 0. The molecular formula is C24H38. The van der Waals surface area contributed by atoms with Crippen LogP contribution < -0.4 is 0 Å².